The van der Waals surface area contributed by atoms with Gasteiger partial charge >= 0.3 is 5.97 Å². The molecule has 74 valence electrons. The lowest BCUT2D eigenvalue weighted by Gasteiger charge is -2.17. The van der Waals surface area contributed by atoms with E-state index in [0.717, 1.165) is 22.0 Å². The van der Waals surface area contributed by atoms with E-state index in [1.807, 2.05) is 24.8 Å². The quantitative estimate of drug-likeness (QED) is 0.799. The number of carbonyl (C=O) groups is 1. The summed E-state index contributed by atoms with van der Waals surface area (Å²) in [7, 11) is 0. The van der Waals surface area contributed by atoms with Gasteiger partial charge in [0.05, 0.1) is 5.56 Å². The Bertz CT molecular complexity index is 388. The van der Waals surface area contributed by atoms with E-state index in [2.05, 4.69) is 0 Å². The third-order valence-corrected chi connectivity index (χ3v) is 4.86. The van der Waals surface area contributed by atoms with Crippen LogP contribution in [0.3, 0.4) is 0 Å². The van der Waals surface area contributed by atoms with E-state index in [4.69, 9.17) is 5.11 Å². The molecule has 0 unspecified atom stereocenters. The van der Waals surface area contributed by atoms with Crippen molar-refractivity contribution in [2.75, 3.05) is 11.5 Å². The summed E-state index contributed by atoms with van der Waals surface area (Å²) in [5.74, 6) is 1.35. The van der Waals surface area contributed by atoms with Crippen LogP contribution in [-0.2, 0) is 0 Å². The zero-order valence-electron chi connectivity index (χ0n) is 7.74. The molecule has 1 aromatic rings. The summed E-state index contributed by atoms with van der Waals surface area (Å²) in [4.78, 5) is 13.3. The number of aromatic carboxylic acids is 1. The van der Waals surface area contributed by atoms with Crippen LogP contribution in [0.1, 0.15) is 15.9 Å². The van der Waals surface area contributed by atoms with Gasteiger partial charge in [0.25, 0.3) is 0 Å². The molecule has 1 heterocycles. The highest BCUT2D eigenvalue weighted by atomic mass is 32.2. The molecule has 1 N–H and O–H groups in total. The molecule has 0 bridgehead atoms. The van der Waals surface area contributed by atoms with Crippen LogP contribution in [0.2, 0.25) is 0 Å². The predicted molar refractivity (Wildman–Crippen MR) is 59.6 cm³/mol. The van der Waals surface area contributed by atoms with Crippen LogP contribution in [0.5, 0.6) is 0 Å². The highest BCUT2D eigenvalue weighted by molar-refractivity contribution is 8.05. The number of hydrogen-bond acceptors (Lipinski definition) is 3. The van der Waals surface area contributed by atoms with E-state index in [-0.39, 0.29) is 0 Å². The minimum absolute atomic E-state index is 0.429. The number of benzene rings is 1. The van der Waals surface area contributed by atoms with Gasteiger partial charge in [-0.05, 0) is 24.6 Å². The third kappa shape index (κ3) is 1.64. The largest absolute Gasteiger partial charge is 0.478 e. The number of rotatable bonds is 1. The van der Waals surface area contributed by atoms with Crippen LogP contribution in [0.25, 0.3) is 0 Å². The van der Waals surface area contributed by atoms with Crippen LogP contribution < -0.4 is 0 Å². The molecule has 1 aliphatic heterocycles. The normalized spacial score (nSPS) is 14.9. The summed E-state index contributed by atoms with van der Waals surface area (Å²) >= 11 is 3.57. The van der Waals surface area contributed by atoms with Crippen molar-refractivity contribution in [3.8, 4) is 0 Å². The second kappa shape index (κ2) is 3.87. The van der Waals surface area contributed by atoms with Crippen LogP contribution in [0.4, 0.5) is 0 Å². The zero-order chi connectivity index (χ0) is 10.1. The van der Waals surface area contributed by atoms with Crippen molar-refractivity contribution in [3.05, 3.63) is 23.3 Å². The summed E-state index contributed by atoms with van der Waals surface area (Å²) in [6, 6.07) is 3.62. The van der Waals surface area contributed by atoms with Crippen LogP contribution in [0.15, 0.2) is 21.9 Å². The number of carboxylic acid groups (broad SMARTS) is 1. The molecule has 0 saturated carbocycles. The van der Waals surface area contributed by atoms with Gasteiger partial charge in [0.1, 0.15) is 0 Å². The Morgan fingerprint density at radius 3 is 2.79 bits per heavy atom. The lowest BCUT2D eigenvalue weighted by atomic mass is 10.1. The molecular weight excluding hydrogens is 216 g/mol. The van der Waals surface area contributed by atoms with E-state index in [0.29, 0.717) is 5.56 Å². The van der Waals surface area contributed by atoms with E-state index >= 15 is 0 Å². The van der Waals surface area contributed by atoms with Gasteiger partial charge in [-0.1, -0.05) is 0 Å². The number of hydrogen-bond donors (Lipinski definition) is 1. The predicted octanol–water partition coefficient (Wildman–Crippen LogP) is 2.89. The Morgan fingerprint density at radius 2 is 2.07 bits per heavy atom. The minimum Gasteiger partial charge on any atom is -0.478 e. The average Bonchev–Trinajstić information content (AvgIpc) is 2.18. The topological polar surface area (TPSA) is 37.3 Å². The highest BCUT2D eigenvalue weighted by Gasteiger charge is 2.17. The molecule has 1 aromatic carbocycles. The fourth-order valence-corrected chi connectivity index (χ4v) is 3.92. The molecule has 0 aliphatic carbocycles. The van der Waals surface area contributed by atoms with Gasteiger partial charge in [-0.3, -0.25) is 0 Å². The monoisotopic (exact) mass is 226 g/mol. The first-order valence-corrected chi connectivity index (χ1v) is 6.30. The van der Waals surface area contributed by atoms with Crippen molar-refractivity contribution in [1.29, 1.82) is 0 Å². The summed E-state index contributed by atoms with van der Waals surface area (Å²) < 4.78 is 0. The van der Waals surface area contributed by atoms with Crippen molar-refractivity contribution >= 4 is 29.5 Å². The van der Waals surface area contributed by atoms with Crippen molar-refractivity contribution < 1.29 is 9.90 Å². The summed E-state index contributed by atoms with van der Waals surface area (Å²) in [5.41, 5.74) is 1.34. The Morgan fingerprint density at radius 1 is 1.36 bits per heavy atom. The Kier molecular flexibility index (Phi) is 2.74. The summed E-state index contributed by atoms with van der Waals surface area (Å²) in [6.45, 7) is 1.89. The van der Waals surface area contributed by atoms with Gasteiger partial charge in [0.2, 0.25) is 0 Å². The molecule has 2 rings (SSSR count). The van der Waals surface area contributed by atoms with E-state index in [1.165, 1.54) is 4.90 Å². The molecule has 1 aliphatic rings. The summed E-state index contributed by atoms with van der Waals surface area (Å²) in [5, 5.41) is 8.95. The first-order chi connectivity index (χ1) is 6.70. The maximum absolute atomic E-state index is 10.9. The third-order valence-electron chi connectivity index (χ3n) is 2.19. The average molecular weight is 226 g/mol. The molecule has 0 fully saturated rings. The Labute approximate surface area is 91.1 Å². The fourth-order valence-electron chi connectivity index (χ4n) is 1.49. The second-order valence-electron chi connectivity index (χ2n) is 3.07. The lowest BCUT2D eigenvalue weighted by Crippen LogP contribution is -2.04. The van der Waals surface area contributed by atoms with E-state index < -0.39 is 5.97 Å². The smallest absolute Gasteiger partial charge is 0.335 e. The van der Waals surface area contributed by atoms with Crippen molar-refractivity contribution in [2.24, 2.45) is 0 Å². The molecule has 0 amide bonds. The molecule has 0 saturated heterocycles. The molecule has 2 nitrogen and oxygen atoms in total. The molecule has 0 atom stereocenters. The van der Waals surface area contributed by atoms with Gasteiger partial charge in [-0.15, -0.1) is 23.5 Å². The van der Waals surface area contributed by atoms with Gasteiger partial charge in [0.15, 0.2) is 0 Å². The molecule has 0 spiro atoms. The molecule has 0 aromatic heterocycles. The van der Waals surface area contributed by atoms with E-state index in [9.17, 15) is 4.79 Å². The minimum atomic E-state index is -0.832. The number of carboxylic acids is 1. The highest BCUT2D eigenvalue weighted by Crippen LogP contribution is 2.39. The SMILES string of the molecule is Cc1c(C(=O)O)ccc2c1SCCS2. The Hall–Kier alpha value is -0.610. The Balaban J connectivity index is 2.54. The van der Waals surface area contributed by atoms with Gasteiger partial charge in [0, 0.05) is 21.3 Å². The zero-order valence-corrected chi connectivity index (χ0v) is 9.37. The number of fused-ring (bicyclic) bond motifs is 1. The first-order valence-electron chi connectivity index (χ1n) is 4.32. The molecule has 0 radical (unpaired) electrons. The second-order valence-corrected chi connectivity index (χ2v) is 5.31. The molecule has 4 heteroatoms. The van der Waals surface area contributed by atoms with Crippen molar-refractivity contribution in [1.82, 2.24) is 0 Å². The van der Waals surface area contributed by atoms with E-state index in [1.54, 1.807) is 17.8 Å². The van der Waals surface area contributed by atoms with Gasteiger partial charge < -0.3 is 5.11 Å². The van der Waals surface area contributed by atoms with Crippen molar-refractivity contribution in [3.63, 3.8) is 0 Å². The van der Waals surface area contributed by atoms with Crippen LogP contribution in [-0.4, -0.2) is 22.6 Å². The first kappa shape index (κ1) is 9.93. The molecule has 14 heavy (non-hydrogen) atoms. The van der Waals surface area contributed by atoms with Crippen LogP contribution in [0, 0.1) is 6.92 Å². The fraction of sp³-hybridized carbons (Fsp3) is 0.300. The van der Waals surface area contributed by atoms with Gasteiger partial charge in [-0.2, -0.15) is 0 Å². The maximum atomic E-state index is 10.9. The maximum Gasteiger partial charge on any atom is 0.335 e. The standard InChI is InChI=1S/C10H10O2S2/c1-6-7(10(11)12)2-3-8-9(6)14-5-4-13-8/h2-3H,4-5H2,1H3,(H,11,12). The van der Waals surface area contributed by atoms with Crippen molar-refractivity contribution in [2.45, 2.75) is 16.7 Å². The van der Waals surface area contributed by atoms with Gasteiger partial charge in [-0.25, -0.2) is 4.79 Å². The van der Waals surface area contributed by atoms with Crippen LogP contribution >= 0.6 is 23.5 Å². The summed E-state index contributed by atoms with van der Waals surface area (Å²) in [6.07, 6.45) is 0. The number of thioether (sulfide) groups is 2. The molecular formula is C10H10O2S2. The lowest BCUT2D eigenvalue weighted by molar-refractivity contribution is 0.0695.